The van der Waals surface area contributed by atoms with E-state index in [1.54, 1.807) is 13.1 Å². The molecular weight excluding hydrogens is 274 g/mol. The summed E-state index contributed by atoms with van der Waals surface area (Å²) < 4.78 is 5.35. The number of nitro groups is 1. The third-order valence-electron chi connectivity index (χ3n) is 2.71. The van der Waals surface area contributed by atoms with E-state index in [0.717, 1.165) is 0 Å². The number of nitro benzene ring substituents is 1. The summed E-state index contributed by atoms with van der Waals surface area (Å²) >= 11 is 0. The van der Waals surface area contributed by atoms with Gasteiger partial charge in [-0.1, -0.05) is 13.8 Å². The fraction of sp³-hybridized carbons (Fsp3) is 0.500. The van der Waals surface area contributed by atoms with E-state index in [2.05, 4.69) is 10.6 Å². The molecule has 0 spiro atoms. The molecule has 1 aromatic rings. The number of hydrogen-bond donors (Lipinski definition) is 2. The molecule has 7 heteroatoms. The lowest BCUT2D eigenvalue weighted by Crippen LogP contribution is -2.27. The number of carbonyl (C=O) groups excluding carboxylic acids is 1. The average molecular weight is 295 g/mol. The summed E-state index contributed by atoms with van der Waals surface area (Å²) in [6.45, 7) is 5.51. The first kappa shape index (κ1) is 16.9. The lowest BCUT2D eigenvalue weighted by atomic mass is 10.1. The first-order valence-electron chi connectivity index (χ1n) is 6.77. The van der Waals surface area contributed by atoms with Crippen LogP contribution in [0.1, 0.15) is 24.2 Å². The molecule has 116 valence electrons. The van der Waals surface area contributed by atoms with Gasteiger partial charge in [-0.05, 0) is 18.1 Å². The van der Waals surface area contributed by atoms with Crippen LogP contribution in [0, 0.1) is 16.0 Å². The van der Waals surface area contributed by atoms with Gasteiger partial charge in [0.1, 0.15) is 5.69 Å². The first-order chi connectivity index (χ1) is 9.95. The zero-order valence-corrected chi connectivity index (χ0v) is 12.5. The highest BCUT2D eigenvalue weighted by Crippen LogP contribution is 2.24. The molecule has 0 aliphatic carbocycles. The standard InChI is InChI=1S/C14H21N3O4/c1-10(2)9-21-7-6-16-14(18)11-4-5-12(15-3)13(8-11)17(19)20/h4-5,8,10,15H,6-7,9H2,1-3H3,(H,16,18). The van der Waals surface area contributed by atoms with Gasteiger partial charge in [0.25, 0.3) is 11.6 Å². The maximum atomic E-state index is 11.9. The van der Waals surface area contributed by atoms with Crippen molar-refractivity contribution < 1.29 is 14.5 Å². The molecule has 0 radical (unpaired) electrons. The summed E-state index contributed by atoms with van der Waals surface area (Å²) in [4.78, 5) is 22.3. The van der Waals surface area contributed by atoms with Crippen LogP contribution < -0.4 is 10.6 Å². The van der Waals surface area contributed by atoms with E-state index in [1.165, 1.54) is 12.1 Å². The third-order valence-corrected chi connectivity index (χ3v) is 2.71. The second kappa shape index (κ2) is 8.21. The third kappa shape index (κ3) is 5.39. The molecule has 1 rings (SSSR count). The Bertz CT molecular complexity index is 503. The van der Waals surface area contributed by atoms with E-state index in [0.29, 0.717) is 31.4 Å². The van der Waals surface area contributed by atoms with Gasteiger partial charge in [-0.3, -0.25) is 14.9 Å². The molecule has 1 amide bonds. The van der Waals surface area contributed by atoms with E-state index in [-0.39, 0.29) is 17.2 Å². The van der Waals surface area contributed by atoms with Gasteiger partial charge in [0, 0.05) is 31.8 Å². The van der Waals surface area contributed by atoms with Gasteiger partial charge in [-0.25, -0.2) is 0 Å². The molecule has 0 aliphatic rings. The normalized spacial score (nSPS) is 10.5. The fourth-order valence-electron chi connectivity index (χ4n) is 1.69. The number of nitrogens with one attached hydrogen (secondary N) is 2. The van der Waals surface area contributed by atoms with Crippen molar-refractivity contribution in [1.29, 1.82) is 0 Å². The van der Waals surface area contributed by atoms with Crippen LogP contribution in [0.4, 0.5) is 11.4 Å². The molecule has 0 saturated carbocycles. The van der Waals surface area contributed by atoms with Crippen LogP contribution in [0.15, 0.2) is 18.2 Å². The molecule has 2 N–H and O–H groups in total. The smallest absolute Gasteiger partial charge is 0.293 e. The van der Waals surface area contributed by atoms with Crippen LogP contribution in [0.3, 0.4) is 0 Å². The molecule has 0 atom stereocenters. The minimum absolute atomic E-state index is 0.124. The largest absolute Gasteiger partial charge is 0.383 e. The minimum atomic E-state index is -0.519. The molecule has 0 aliphatic heterocycles. The summed E-state index contributed by atoms with van der Waals surface area (Å²) in [5.74, 6) is 0.0892. The number of carbonyl (C=O) groups is 1. The summed E-state index contributed by atoms with van der Waals surface area (Å²) in [7, 11) is 1.59. The van der Waals surface area contributed by atoms with Gasteiger partial charge in [-0.2, -0.15) is 0 Å². The Kier molecular flexibility index (Phi) is 6.61. The molecule has 0 unspecified atom stereocenters. The van der Waals surface area contributed by atoms with Gasteiger partial charge >= 0.3 is 0 Å². The quantitative estimate of drug-likeness (QED) is 0.435. The van der Waals surface area contributed by atoms with Crippen molar-refractivity contribution in [3.63, 3.8) is 0 Å². The van der Waals surface area contributed by atoms with Gasteiger partial charge in [0.15, 0.2) is 0 Å². The number of rotatable bonds is 8. The second-order valence-corrected chi connectivity index (χ2v) is 4.96. The summed E-state index contributed by atoms with van der Waals surface area (Å²) in [6.07, 6.45) is 0. The summed E-state index contributed by atoms with van der Waals surface area (Å²) in [5, 5.41) is 16.3. The topological polar surface area (TPSA) is 93.5 Å². The maximum absolute atomic E-state index is 11.9. The molecular formula is C14H21N3O4. The molecule has 0 bridgehead atoms. The predicted molar refractivity (Wildman–Crippen MR) is 80.6 cm³/mol. The van der Waals surface area contributed by atoms with Crippen molar-refractivity contribution in [1.82, 2.24) is 5.32 Å². The van der Waals surface area contributed by atoms with Gasteiger partial charge in [0.05, 0.1) is 11.5 Å². The Hall–Kier alpha value is -2.15. The minimum Gasteiger partial charge on any atom is -0.383 e. The monoisotopic (exact) mass is 295 g/mol. The van der Waals surface area contributed by atoms with Crippen molar-refractivity contribution in [3.8, 4) is 0 Å². The molecule has 0 saturated heterocycles. The maximum Gasteiger partial charge on any atom is 0.293 e. The molecule has 1 aromatic carbocycles. The fourth-order valence-corrected chi connectivity index (χ4v) is 1.69. The van der Waals surface area contributed by atoms with Crippen molar-refractivity contribution in [3.05, 3.63) is 33.9 Å². The number of hydrogen-bond acceptors (Lipinski definition) is 5. The van der Waals surface area contributed by atoms with Crippen LogP contribution in [0.5, 0.6) is 0 Å². The molecule has 0 aromatic heterocycles. The lowest BCUT2D eigenvalue weighted by molar-refractivity contribution is -0.384. The highest BCUT2D eigenvalue weighted by Gasteiger charge is 2.16. The lowest BCUT2D eigenvalue weighted by Gasteiger charge is -2.09. The summed E-state index contributed by atoms with van der Waals surface area (Å²) in [5.41, 5.74) is 0.502. The molecule has 7 nitrogen and oxygen atoms in total. The zero-order chi connectivity index (χ0) is 15.8. The number of anilines is 1. The van der Waals surface area contributed by atoms with Crippen LogP contribution >= 0.6 is 0 Å². The number of benzene rings is 1. The van der Waals surface area contributed by atoms with E-state index < -0.39 is 4.92 Å². The van der Waals surface area contributed by atoms with Crippen LogP contribution in [0.25, 0.3) is 0 Å². The highest BCUT2D eigenvalue weighted by molar-refractivity contribution is 5.95. The second-order valence-electron chi connectivity index (χ2n) is 4.96. The van der Waals surface area contributed by atoms with E-state index in [1.807, 2.05) is 13.8 Å². The average Bonchev–Trinajstić information content (AvgIpc) is 2.45. The van der Waals surface area contributed by atoms with E-state index >= 15 is 0 Å². The Labute approximate surface area is 123 Å². The number of nitrogens with zero attached hydrogens (tertiary/aromatic N) is 1. The van der Waals surface area contributed by atoms with Crippen molar-refractivity contribution in [2.75, 3.05) is 32.1 Å². The van der Waals surface area contributed by atoms with Crippen LogP contribution in [0.2, 0.25) is 0 Å². The molecule has 21 heavy (non-hydrogen) atoms. The van der Waals surface area contributed by atoms with Gasteiger partial charge in [0.2, 0.25) is 0 Å². The van der Waals surface area contributed by atoms with Crippen LogP contribution in [-0.2, 0) is 4.74 Å². The van der Waals surface area contributed by atoms with Gasteiger partial charge < -0.3 is 15.4 Å². The number of ether oxygens (including phenoxy) is 1. The highest BCUT2D eigenvalue weighted by atomic mass is 16.6. The molecule has 0 heterocycles. The Morgan fingerprint density at radius 3 is 2.71 bits per heavy atom. The van der Waals surface area contributed by atoms with Crippen LogP contribution in [-0.4, -0.2) is 37.6 Å². The van der Waals surface area contributed by atoms with Crippen molar-refractivity contribution in [2.24, 2.45) is 5.92 Å². The SMILES string of the molecule is CNc1ccc(C(=O)NCCOCC(C)C)cc1[N+](=O)[O-]. The molecule has 0 fully saturated rings. The van der Waals surface area contributed by atoms with Crippen molar-refractivity contribution >= 4 is 17.3 Å². The summed E-state index contributed by atoms with van der Waals surface area (Å²) in [6, 6.07) is 4.32. The van der Waals surface area contributed by atoms with Crippen molar-refractivity contribution in [2.45, 2.75) is 13.8 Å². The Morgan fingerprint density at radius 2 is 2.14 bits per heavy atom. The number of amides is 1. The predicted octanol–water partition coefficient (Wildman–Crippen LogP) is 2.04. The first-order valence-corrected chi connectivity index (χ1v) is 6.77. The Morgan fingerprint density at radius 1 is 1.43 bits per heavy atom. The Balaban J connectivity index is 2.58. The van der Waals surface area contributed by atoms with E-state index in [9.17, 15) is 14.9 Å². The zero-order valence-electron chi connectivity index (χ0n) is 12.5. The van der Waals surface area contributed by atoms with Gasteiger partial charge in [-0.15, -0.1) is 0 Å². The van der Waals surface area contributed by atoms with E-state index in [4.69, 9.17) is 4.74 Å².